The molecule has 1 aromatic carbocycles. The van der Waals surface area contributed by atoms with E-state index in [9.17, 15) is 13.6 Å². The van der Waals surface area contributed by atoms with Gasteiger partial charge in [0.25, 0.3) is 0 Å². The number of fused-ring (bicyclic) bond motifs is 5. The molecule has 2 bridgehead atoms. The van der Waals surface area contributed by atoms with Crippen LogP contribution in [0, 0.1) is 17.0 Å². The fourth-order valence-corrected chi connectivity index (χ4v) is 6.14. The highest BCUT2D eigenvalue weighted by Crippen LogP contribution is 2.68. The van der Waals surface area contributed by atoms with E-state index < -0.39 is 17.0 Å². The molecule has 2 aliphatic carbocycles. The maximum atomic E-state index is 14.3. The molecular weight excluding hydrogens is 372 g/mol. The molecule has 1 saturated heterocycles. The van der Waals surface area contributed by atoms with Crippen molar-refractivity contribution in [2.75, 3.05) is 6.54 Å². The molecule has 1 aliphatic heterocycles. The molecule has 1 amide bonds. The van der Waals surface area contributed by atoms with Crippen molar-refractivity contribution in [3.8, 4) is 11.3 Å². The van der Waals surface area contributed by atoms with Crippen molar-refractivity contribution in [3.63, 3.8) is 0 Å². The van der Waals surface area contributed by atoms with Crippen molar-refractivity contribution < 1.29 is 13.6 Å². The van der Waals surface area contributed by atoms with Crippen molar-refractivity contribution in [1.29, 1.82) is 0 Å². The third-order valence-electron chi connectivity index (χ3n) is 7.78. The quantitative estimate of drug-likeness (QED) is 0.745. The summed E-state index contributed by atoms with van der Waals surface area (Å²) in [4.78, 5) is 15.8. The summed E-state index contributed by atoms with van der Waals surface area (Å²) in [5.74, 6) is -1.03. The van der Waals surface area contributed by atoms with Crippen molar-refractivity contribution in [2.45, 2.75) is 63.8 Å². The van der Waals surface area contributed by atoms with Crippen LogP contribution >= 0.6 is 0 Å². The van der Waals surface area contributed by atoms with E-state index in [1.807, 2.05) is 4.90 Å². The first-order valence-electron chi connectivity index (χ1n) is 10.4. The molecule has 1 saturated carbocycles. The van der Waals surface area contributed by atoms with E-state index in [-0.39, 0.29) is 34.5 Å². The first-order chi connectivity index (χ1) is 13.8. The van der Waals surface area contributed by atoms with Crippen LogP contribution in [0.2, 0.25) is 0 Å². The van der Waals surface area contributed by atoms with Gasteiger partial charge >= 0.3 is 0 Å². The van der Waals surface area contributed by atoms with E-state index in [0.29, 0.717) is 5.69 Å². The van der Waals surface area contributed by atoms with Gasteiger partial charge in [-0.05, 0) is 67.7 Å². The topological polar surface area (TPSA) is 46.1 Å². The number of nitrogens with zero attached hydrogens (tertiary/aromatic N) is 3. The summed E-state index contributed by atoms with van der Waals surface area (Å²) in [6.45, 7) is 7.15. The van der Waals surface area contributed by atoms with Crippen LogP contribution in [0.5, 0.6) is 0 Å². The van der Waals surface area contributed by atoms with Gasteiger partial charge in [-0.2, -0.15) is 5.10 Å². The number of carbonyl (C=O) groups is 1. The molecule has 152 valence electrons. The summed E-state index contributed by atoms with van der Waals surface area (Å²) in [6, 6.07) is 5.78. The fourth-order valence-electron chi connectivity index (χ4n) is 6.14. The maximum Gasteiger partial charge on any atom is 0.235 e. The van der Waals surface area contributed by atoms with Gasteiger partial charge in [-0.1, -0.05) is 19.9 Å². The number of hydrogen-bond acceptors (Lipinski definition) is 3. The molecule has 2 fully saturated rings. The van der Waals surface area contributed by atoms with Crippen LogP contribution < -0.4 is 0 Å². The Bertz CT molecular complexity index is 1000. The SMILES string of the molecule is C[C@H]1CCCN1C(=O)[C@]12CC[C@H](c3cc(-c4c(F)cccc4F)nnc31)C2(C)C. The third kappa shape index (κ3) is 2.26. The lowest BCUT2D eigenvalue weighted by atomic mass is 9.67. The average Bonchev–Trinajstić information content (AvgIpc) is 3.28. The van der Waals surface area contributed by atoms with E-state index in [1.54, 1.807) is 6.07 Å². The van der Waals surface area contributed by atoms with E-state index in [1.165, 1.54) is 18.2 Å². The van der Waals surface area contributed by atoms with Crippen molar-refractivity contribution in [1.82, 2.24) is 15.1 Å². The standard InChI is InChI=1S/C23H25F2N3O/c1-13-6-5-11-28(13)21(29)23-10-9-15(22(23,2)3)14-12-18(26-27-20(14)23)19-16(24)7-4-8-17(19)25/h4,7-8,12-13,15H,5-6,9-11H2,1-3H3/t13-,15+,23-/m0/s1. The highest BCUT2D eigenvalue weighted by molar-refractivity contribution is 5.92. The predicted octanol–water partition coefficient (Wildman–Crippen LogP) is 4.59. The highest BCUT2D eigenvalue weighted by atomic mass is 19.1. The Morgan fingerprint density at radius 3 is 2.55 bits per heavy atom. The summed E-state index contributed by atoms with van der Waals surface area (Å²) in [6.07, 6.45) is 3.67. The molecule has 29 heavy (non-hydrogen) atoms. The number of likely N-dealkylation sites (tertiary alicyclic amines) is 1. The second-order valence-electron chi connectivity index (χ2n) is 9.34. The number of hydrogen-bond donors (Lipinski definition) is 0. The van der Waals surface area contributed by atoms with Crippen LogP contribution in [-0.2, 0) is 10.2 Å². The van der Waals surface area contributed by atoms with Gasteiger partial charge in [-0.15, -0.1) is 5.10 Å². The number of carbonyl (C=O) groups excluding carboxylic acids is 1. The lowest BCUT2D eigenvalue weighted by molar-refractivity contribution is -0.141. The minimum atomic E-state index is -0.703. The first-order valence-corrected chi connectivity index (χ1v) is 10.4. The zero-order valence-electron chi connectivity index (χ0n) is 17.0. The lowest BCUT2D eigenvalue weighted by Gasteiger charge is -2.40. The molecule has 4 nitrogen and oxygen atoms in total. The van der Waals surface area contributed by atoms with E-state index >= 15 is 0 Å². The summed E-state index contributed by atoms with van der Waals surface area (Å²) in [7, 11) is 0. The second-order valence-corrected chi connectivity index (χ2v) is 9.34. The molecule has 3 atom stereocenters. The molecule has 0 radical (unpaired) electrons. The number of benzene rings is 1. The van der Waals surface area contributed by atoms with Gasteiger partial charge in [0.2, 0.25) is 5.91 Å². The van der Waals surface area contributed by atoms with Gasteiger partial charge in [-0.3, -0.25) is 4.79 Å². The summed E-state index contributed by atoms with van der Waals surface area (Å²) in [5, 5.41) is 8.65. The maximum absolute atomic E-state index is 14.3. The molecule has 2 heterocycles. The Hall–Kier alpha value is -2.37. The summed E-state index contributed by atoms with van der Waals surface area (Å²) >= 11 is 0. The molecule has 3 aliphatic rings. The van der Waals surface area contributed by atoms with Crippen molar-refractivity contribution >= 4 is 5.91 Å². The number of amides is 1. The zero-order chi connectivity index (χ0) is 20.6. The highest BCUT2D eigenvalue weighted by Gasteiger charge is 2.68. The van der Waals surface area contributed by atoms with Crippen molar-refractivity contribution in [2.24, 2.45) is 5.41 Å². The number of aromatic nitrogens is 2. The van der Waals surface area contributed by atoms with E-state index in [2.05, 4.69) is 31.0 Å². The lowest BCUT2D eigenvalue weighted by Crippen LogP contribution is -2.52. The van der Waals surface area contributed by atoms with E-state index in [4.69, 9.17) is 0 Å². The molecular formula is C23H25F2N3O. The van der Waals surface area contributed by atoms with Crippen molar-refractivity contribution in [3.05, 3.63) is 47.2 Å². The fraction of sp³-hybridized carbons (Fsp3) is 0.522. The molecule has 2 aromatic rings. The first kappa shape index (κ1) is 18.6. The summed E-state index contributed by atoms with van der Waals surface area (Å²) in [5.41, 5.74) is 0.662. The Kier molecular flexibility index (Phi) is 3.90. The number of halogens is 2. The van der Waals surface area contributed by atoms with Gasteiger partial charge < -0.3 is 4.90 Å². The van der Waals surface area contributed by atoms with Gasteiger partial charge in [0, 0.05) is 12.6 Å². The van der Waals surface area contributed by atoms with Crippen LogP contribution in [0.1, 0.15) is 63.6 Å². The van der Waals surface area contributed by atoms with Gasteiger partial charge in [-0.25, -0.2) is 8.78 Å². The normalized spacial score (nSPS) is 29.3. The van der Waals surface area contributed by atoms with Crippen LogP contribution in [0.4, 0.5) is 8.78 Å². The third-order valence-corrected chi connectivity index (χ3v) is 7.78. The van der Waals surface area contributed by atoms with Crippen LogP contribution in [0.25, 0.3) is 11.3 Å². The van der Waals surface area contributed by atoms with Gasteiger partial charge in [0.1, 0.15) is 11.6 Å². The van der Waals surface area contributed by atoms with Crippen LogP contribution in [-0.4, -0.2) is 33.6 Å². The Labute approximate surface area is 169 Å². The van der Waals surface area contributed by atoms with E-state index in [0.717, 1.165) is 37.8 Å². The predicted molar refractivity (Wildman–Crippen MR) is 105 cm³/mol. The Morgan fingerprint density at radius 2 is 1.90 bits per heavy atom. The Morgan fingerprint density at radius 1 is 1.17 bits per heavy atom. The smallest absolute Gasteiger partial charge is 0.235 e. The number of rotatable bonds is 2. The molecule has 0 spiro atoms. The Balaban J connectivity index is 1.66. The average molecular weight is 397 g/mol. The minimum Gasteiger partial charge on any atom is -0.339 e. The van der Waals surface area contributed by atoms with Gasteiger partial charge in [0.15, 0.2) is 0 Å². The largest absolute Gasteiger partial charge is 0.339 e. The van der Waals surface area contributed by atoms with Gasteiger partial charge in [0.05, 0.1) is 22.4 Å². The molecule has 6 heteroatoms. The molecule has 0 unspecified atom stereocenters. The molecule has 5 rings (SSSR count). The minimum absolute atomic E-state index is 0.128. The second kappa shape index (κ2) is 6.07. The molecule has 1 aromatic heterocycles. The zero-order valence-corrected chi connectivity index (χ0v) is 17.0. The monoisotopic (exact) mass is 397 g/mol. The molecule has 0 N–H and O–H groups in total. The van der Waals surface area contributed by atoms with Crippen LogP contribution in [0.15, 0.2) is 24.3 Å². The summed E-state index contributed by atoms with van der Waals surface area (Å²) < 4.78 is 28.6. The van der Waals surface area contributed by atoms with Crippen LogP contribution in [0.3, 0.4) is 0 Å².